The number of hydrogen-bond donors (Lipinski definition) is 1. The number of fused-ring (bicyclic) bond motifs is 1. The first-order chi connectivity index (χ1) is 11.9. The number of amides is 1. The highest BCUT2D eigenvalue weighted by atomic mass is 16.2. The SMILES string of the molecule is CC(=O)CNC(=O)c1nc(-c2ccccc2)n2c1CCC(C)(C)CC2. The Balaban J connectivity index is 2.03. The monoisotopic (exact) mass is 339 g/mol. The number of ketones is 1. The number of carbonyl (C=O) groups is 2. The van der Waals surface area contributed by atoms with Gasteiger partial charge in [0.25, 0.3) is 5.91 Å². The van der Waals surface area contributed by atoms with Gasteiger partial charge < -0.3 is 9.88 Å². The van der Waals surface area contributed by atoms with Gasteiger partial charge in [0.1, 0.15) is 17.3 Å². The quantitative estimate of drug-likeness (QED) is 0.930. The number of benzene rings is 1. The second-order valence-electron chi connectivity index (χ2n) is 7.55. The highest BCUT2D eigenvalue weighted by molar-refractivity contribution is 5.96. The molecule has 1 aliphatic heterocycles. The molecule has 132 valence electrons. The Hall–Kier alpha value is -2.43. The topological polar surface area (TPSA) is 64.0 Å². The van der Waals surface area contributed by atoms with Crippen molar-refractivity contribution in [2.24, 2.45) is 5.41 Å². The summed E-state index contributed by atoms with van der Waals surface area (Å²) in [7, 11) is 0. The number of aromatic nitrogens is 2. The van der Waals surface area contributed by atoms with Crippen LogP contribution in [0.1, 0.15) is 49.8 Å². The molecule has 0 spiro atoms. The van der Waals surface area contributed by atoms with Crippen LogP contribution in [-0.2, 0) is 17.8 Å². The third kappa shape index (κ3) is 3.81. The van der Waals surface area contributed by atoms with Gasteiger partial charge in [-0.25, -0.2) is 4.98 Å². The Morgan fingerprint density at radius 2 is 1.92 bits per heavy atom. The van der Waals surface area contributed by atoms with Gasteiger partial charge in [0.05, 0.1) is 12.2 Å². The summed E-state index contributed by atoms with van der Waals surface area (Å²) < 4.78 is 2.19. The van der Waals surface area contributed by atoms with E-state index in [2.05, 4.69) is 28.7 Å². The van der Waals surface area contributed by atoms with Crippen molar-refractivity contribution in [3.8, 4) is 11.4 Å². The Morgan fingerprint density at radius 1 is 1.20 bits per heavy atom. The van der Waals surface area contributed by atoms with Crippen LogP contribution in [0.25, 0.3) is 11.4 Å². The summed E-state index contributed by atoms with van der Waals surface area (Å²) in [5, 5.41) is 2.69. The van der Waals surface area contributed by atoms with Crippen LogP contribution in [-0.4, -0.2) is 27.8 Å². The summed E-state index contributed by atoms with van der Waals surface area (Å²) in [6.45, 7) is 6.89. The summed E-state index contributed by atoms with van der Waals surface area (Å²) in [5.74, 6) is 0.505. The van der Waals surface area contributed by atoms with Crippen molar-refractivity contribution in [1.29, 1.82) is 0 Å². The lowest BCUT2D eigenvalue weighted by molar-refractivity contribution is -0.116. The number of rotatable bonds is 4. The van der Waals surface area contributed by atoms with Crippen LogP contribution < -0.4 is 5.32 Å². The van der Waals surface area contributed by atoms with E-state index in [9.17, 15) is 9.59 Å². The molecule has 0 saturated heterocycles. The van der Waals surface area contributed by atoms with Gasteiger partial charge in [-0.15, -0.1) is 0 Å². The largest absolute Gasteiger partial charge is 0.344 e. The Bertz CT molecular complexity index is 791. The van der Waals surface area contributed by atoms with E-state index in [1.165, 1.54) is 6.92 Å². The Kier molecular flexibility index (Phi) is 4.75. The van der Waals surface area contributed by atoms with Crippen molar-refractivity contribution in [3.63, 3.8) is 0 Å². The van der Waals surface area contributed by atoms with E-state index in [0.717, 1.165) is 42.9 Å². The minimum Gasteiger partial charge on any atom is -0.344 e. The first-order valence-corrected chi connectivity index (χ1v) is 8.80. The molecule has 2 aromatic rings. The lowest BCUT2D eigenvalue weighted by Crippen LogP contribution is -2.29. The molecule has 0 bridgehead atoms. The molecule has 1 N–H and O–H groups in total. The second-order valence-corrected chi connectivity index (χ2v) is 7.55. The van der Waals surface area contributed by atoms with Crippen LogP contribution in [0.4, 0.5) is 0 Å². The van der Waals surface area contributed by atoms with E-state index in [1.54, 1.807) is 0 Å². The molecular formula is C20H25N3O2. The molecule has 1 amide bonds. The number of nitrogens with zero attached hydrogens (tertiary/aromatic N) is 2. The molecule has 1 aromatic carbocycles. The predicted octanol–water partition coefficient (Wildman–Crippen LogP) is 3.23. The van der Waals surface area contributed by atoms with Gasteiger partial charge in [0.2, 0.25) is 0 Å². The van der Waals surface area contributed by atoms with E-state index >= 15 is 0 Å². The van der Waals surface area contributed by atoms with Crippen LogP contribution in [0.5, 0.6) is 0 Å². The van der Waals surface area contributed by atoms with Gasteiger partial charge in [-0.1, -0.05) is 44.2 Å². The van der Waals surface area contributed by atoms with Crippen LogP contribution in [0, 0.1) is 5.41 Å². The predicted molar refractivity (Wildman–Crippen MR) is 97.4 cm³/mol. The van der Waals surface area contributed by atoms with Crippen LogP contribution >= 0.6 is 0 Å². The molecule has 0 aliphatic carbocycles. The van der Waals surface area contributed by atoms with Crippen LogP contribution in [0.15, 0.2) is 30.3 Å². The minimum atomic E-state index is -0.263. The van der Waals surface area contributed by atoms with Gasteiger partial charge in [-0.2, -0.15) is 0 Å². The molecule has 3 rings (SSSR count). The molecule has 0 saturated carbocycles. The summed E-state index contributed by atoms with van der Waals surface area (Å²) in [5.41, 5.74) is 2.68. The number of Topliss-reactive ketones (excluding diaryl/α,β-unsaturated/α-hetero) is 1. The maximum atomic E-state index is 12.6. The van der Waals surface area contributed by atoms with Crippen molar-refractivity contribution in [3.05, 3.63) is 41.7 Å². The van der Waals surface area contributed by atoms with Crippen LogP contribution in [0.2, 0.25) is 0 Å². The summed E-state index contributed by atoms with van der Waals surface area (Å²) in [6, 6.07) is 9.96. The van der Waals surface area contributed by atoms with E-state index in [0.29, 0.717) is 5.69 Å². The van der Waals surface area contributed by atoms with Gasteiger partial charge >= 0.3 is 0 Å². The average Bonchev–Trinajstić information content (AvgIpc) is 2.88. The highest BCUT2D eigenvalue weighted by Gasteiger charge is 2.29. The molecule has 0 unspecified atom stereocenters. The van der Waals surface area contributed by atoms with Crippen molar-refractivity contribution >= 4 is 11.7 Å². The number of nitrogens with one attached hydrogen (secondary N) is 1. The molecule has 25 heavy (non-hydrogen) atoms. The average molecular weight is 339 g/mol. The van der Waals surface area contributed by atoms with E-state index in [1.807, 2.05) is 30.3 Å². The highest BCUT2D eigenvalue weighted by Crippen LogP contribution is 2.34. The van der Waals surface area contributed by atoms with Crippen molar-refractivity contribution < 1.29 is 9.59 Å². The number of imidazole rings is 1. The molecule has 2 heterocycles. The maximum Gasteiger partial charge on any atom is 0.272 e. The molecule has 5 heteroatoms. The number of hydrogen-bond acceptors (Lipinski definition) is 3. The Morgan fingerprint density at radius 3 is 2.60 bits per heavy atom. The van der Waals surface area contributed by atoms with E-state index in [4.69, 9.17) is 0 Å². The summed E-state index contributed by atoms with van der Waals surface area (Å²) >= 11 is 0. The molecule has 0 fully saturated rings. The molecule has 5 nitrogen and oxygen atoms in total. The van der Waals surface area contributed by atoms with Gasteiger partial charge in [0.15, 0.2) is 0 Å². The minimum absolute atomic E-state index is 0.0390. The van der Waals surface area contributed by atoms with Crippen molar-refractivity contribution in [1.82, 2.24) is 14.9 Å². The molecule has 0 radical (unpaired) electrons. The smallest absolute Gasteiger partial charge is 0.272 e. The normalized spacial score (nSPS) is 16.0. The zero-order valence-electron chi connectivity index (χ0n) is 15.1. The zero-order valence-corrected chi connectivity index (χ0v) is 15.1. The van der Waals surface area contributed by atoms with Crippen molar-refractivity contribution in [2.45, 2.75) is 46.6 Å². The van der Waals surface area contributed by atoms with Crippen molar-refractivity contribution in [2.75, 3.05) is 6.54 Å². The van der Waals surface area contributed by atoms with Crippen LogP contribution in [0.3, 0.4) is 0 Å². The molecule has 1 aromatic heterocycles. The first-order valence-electron chi connectivity index (χ1n) is 8.80. The first kappa shape index (κ1) is 17.4. The lowest BCUT2D eigenvalue weighted by Gasteiger charge is -2.21. The Labute approximate surface area is 148 Å². The number of carbonyl (C=O) groups excluding carboxylic acids is 2. The van der Waals surface area contributed by atoms with Gasteiger partial charge in [0, 0.05) is 12.1 Å². The standard InChI is InChI=1S/C20H25N3O2/c1-14(24)13-21-19(25)17-16-9-10-20(2,3)11-12-23(16)18(22-17)15-7-5-4-6-8-15/h4-8H,9-13H2,1-3H3,(H,21,25). The molecule has 1 aliphatic rings. The zero-order chi connectivity index (χ0) is 18.0. The lowest BCUT2D eigenvalue weighted by atomic mass is 9.85. The van der Waals surface area contributed by atoms with Gasteiger partial charge in [-0.3, -0.25) is 9.59 Å². The summed E-state index contributed by atoms with van der Waals surface area (Å²) in [4.78, 5) is 28.5. The second kappa shape index (κ2) is 6.82. The third-order valence-corrected chi connectivity index (χ3v) is 4.87. The molecule has 0 atom stereocenters. The van der Waals surface area contributed by atoms with E-state index in [-0.39, 0.29) is 23.7 Å². The molecular weight excluding hydrogens is 314 g/mol. The summed E-state index contributed by atoms with van der Waals surface area (Å²) in [6.07, 6.45) is 2.88. The maximum absolute atomic E-state index is 12.6. The fourth-order valence-electron chi connectivity index (χ4n) is 3.25. The fraction of sp³-hybridized carbons (Fsp3) is 0.450. The third-order valence-electron chi connectivity index (χ3n) is 4.87. The van der Waals surface area contributed by atoms with E-state index < -0.39 is 0 Å². The van der Waals surface area contributed by atoms with Gasteiger partial charge in [-0.05, 0) is 31.6 Å². The fourth-order valence-corrected chi connectivity index (χ4v) is 3.25.